The molecule has 0 saturated carbocycles. The molecule has 0 spiro atoms. The second-order valence-corrected chi connectivity index (χ2v) is 4.57. The van der Waals surface area contributed by atoms with Gasteiger partial charge in [0, 0.05) is 11.6 Å². The zero-order chi connectivity index (χ0) is 13.0. The average Bonchev–Trinajstić information content (AvgIpc) is 2.90. The topological polar surface area (TPSA) is 48.4 Å². The van der Waals surface area contributed by atoms with Crippen LogP contribution in [0.2, 0.25) is 0 Å². The molecular weight excluding hydrogens is 250 g/mol. The van der Waals surface area contributed by atoms with E-state index in [1.54, 1.807) is 38.6 Å². The summed E-state index contributed by atoms with van der Waals surface area (Å²) in [5.74, 6) is 1.16. The lowest BCUT2D eigenvalue weighted by molar-refractivity contribution is 0.0989. The van der Waals surface area contributed by atoms with E-state index >= 15 is 0 Å². The van der Waals surface area contributed by atoms with Crippen LogP contribution in [0.3, 0.4) is 0 Å². The fourth-order valence-corrected chi connectivity index (χ4v) is 2.22. The highest BCUT2D eigenvalue weighted by Crippen LogP contribution is 2.25. The van der Waals surface area contributed by atoms with E-state index < -0.39 is 0 Å². The van der Waals surface area contributed by atoms with Gasteiger partial charge in [-0.05, 0) is 18.2 Å². The van der Waals surface area contributed by atoms with E-state index in [9.17, 15) is 4.79 Å². The van der Waals surface area contributed by atoms with Gasteiger partial charge in [-0.2, -0.15) is 0 Å². The van der Waals surface area contributed by atoms with Gasteiger partial charge >= 0.3 is 0 Å². The van der Waals surface area contributed by atoms with Crippen LogP contribution in [-0.4, -0.2) is 25.0 Å². The molecule has 0 aliphatic heterocycles. The first-order valence-corrected chi connectivity index (χ1v) is 6.26. The summed E-state index contributed by atoms with van der Waals surface area (Å²) in [5, 5.41) is 2.65. The Bertz CT molecular complexity index is 537. The van der Waals surface area contributed by atoms with Crippen LogP contribution in [0.5, 0.6) is 11.5 Å². The van der Waals surface area contributed by atoms with E-state index in [-0.39, 0.29) is 12.2 Å². The van der Waals surface area contributed by atoms with Crippen molar-refractivity contribution in [1.29, 1.82) is 0 Å². The molecule has 0 aliphatic carbocycles. The lowest BCUT2D eigenvalue weighted by Gasteiger charge is -2.08. The van der Waals surface area contributed by atoms with Crippen LogP contribution in [0, 0.1) is 0 Å². The number of Topliss-reactive ketones (excluding diaryl/α,β-unsaturated/α-hetero) is 1. The molecule has 0 bridgehead atoms. The van der Waals surface area contributed by atoms with Crippen LogP contribution < -0.4 is 9.47 Å². The van der Waals surface area contributed by atoms with Crippen LogP contribution in [0.25, 0.3) is 0 Å². The molecule has 5 heteroatoms. The second-order valence-electron chi connectivity index (χ2n) is 3.59. The van der Waals surface area contributed by atoms with Crippen molar-refractivity contribution in [3.63, 3.8) is 0 Å². The summed E-state index contributed by atoms with van der Waals surface area (Å²) >= 11 is 1.47. The summed E-state index contributed by atoms with van der Waals surface area (Å²) in [6, 6.07) is 5.18. The summed E-state index contributed by atoms with van der Waals surface area (Å²) in [6.45, 7) is 0. The predicted molar refractivity (Wildman–Crippen MR) is 69.7 cm³/mol. The maximum Gasteiger partial charge on any atom is 0.173 e. The number of hydrogen-bond acceptors (Lipinski definition) is 5. The maximum absolute atomic E-state index is 12.2. The lowest BCUT2D eigenvalue weighted by atomic mass is 10.1. The van der Waals surface area contributed by atoms with Crippen LogP contribution in [0.4, 0.5) is 0 Å². The minimum absolute atomic E-state index is 0.0271. The molecule has 0 atom stereocenters. The van der Waals surface area contributed by atoms with Crippen molar-refractivity contribution in [3.05, 3.63) is 40.3 Å². The minimum atomic E-state index is -0.0271. The van der Waals surface area contributed by atoms with E-state index in [0.717, 1.165) is 5.01 Å². The van der Waals surface area contributed by atoms with Crippen molar-refractivity contribution in [2.75, 3.05) is 14.2 Å². The van der Waals surface area contributed by atoms with Gasteiger partial charge in [0.05, 0.1) is 26.2 Å². The van der Waals surface area contributed by atoms with E-state index in [4.69, 9.17) is 9.47 Å². The quantitative estimate of drug-likeness (QED) is 0.778. The largest absolute Gasteiger partial charge is 0.497 e. The maximum atomic E-state index is 12.2. The van der Waals surface area contributed by atoms with E-state index in [1.807, 2.05) is 5.38 Å². The van der Waals surface area contributed by atoms with Gasteiger partial charge in [-0.3, -0.25) is 4.79 Å². The minimum Gasteiger partial charge on any atom is -0.497 e. The average molecular weight is 263 g/mol. The Morgan fingerprint density at radius 1 is 1.33 bits per heavy atom. The number of methoxy groups -OCH3 is 2. The fourth-order valence-electron chi connectivity index (χ4n) is 1.60. The van der Waals surface area contributed by atoms with Gasteiger partial charge in [0.25, 0.3) is 0 Å². The molecule has 18 heavy (non-hydrogen) atoms. The third-order valence-electron chi connectivity index (χ3n) is 2.50. The van der Waals surface area contributed by atoms with Gasteiger partial charge in [-0.15, -0.1) is 11.3 Å². The number of ketones is 1. The zero-order valence-electron chi connectivity index (χ0n) is 10.2. The fraction of sp³-hybridized carbons (Fsp3) is 0.231. The molecule has 1 aromatic heterocycles. The van der Waals surface area contributed by atoms with Crippen LogP contribution in [-0.2, 0) is 6.42 Å². The van der Waals surface area contributed by atoms with Crippen LogP contribution >= 0.6 is 11.3 Å². The Kier molecular flexibility index (Phi) is 3.94. The molecule has 0 amide bonds. The molecule has 1 heterocycles. The molecule has 1 aromatic carbocycles. The highest BCUT2D eigenvalue weighted by molar-refractivity contribution is 7.09. The molecule has 0 unspecified atom stereocenters. The van der Waals surface area contributed by atoms with Crippen LogP contribution in [0.15, 0.2) is 29.8 Å². The monoisotopic (exact) mass is 263 g/mol. The Balaban J connectivity index is 2.27. The smallest absolute Gasteiger partial charge is 0.173 e. The van der Waals surface area contributed by atoms with Gasteiger partial charge in [0.1, 0.15) is 16.5 Å². The van der Waals surface area contributed by atoms with Crippen molar-refractivity contribution in [3.8, 4) is 11.5 Å². The first-order valence-electron chi connectivity index (χ1n) is 5.38. The Hall–Kier alpha value is -1.88. The van der Waals surface area contributed by atoms with Gasteiger partial charge < -0.3 is 9.47 Å². The lowest BCUT2D eigenvalue weighted by Crippen LogP contribution is -2.06. The van der Waals surface area contributed by atoms with Crippen molar-refractivity contribution >= 4 is 17.1 Å². The van der Waals surface area contributed by atoms with Crippen molar-refractivity contribution < 1.29 is 14.3 Å². The predicted octanol–water partition coefficient (Wildman–Crippen LogP) is 2.59. The highest BCUT2D eigenvalue weighted by atomic mass is 32.1. The number of rotatable bonds is 5. The second kappa shape index (κ2) is 5.64. The van der Waals surface area contributed by atoms with Gasteiger partial charge in [-0.25, -0.2) is 4.98 Å². The molecule has 0 fully saturated rings. The molecule has 2 aromatic rings. The Labute approximate surface area is 109 Å². The summed E-state index contributed by atoms with van der Waals surface area (Å²) in [6.07, 6.45) is 1.97. The molecule has 4 nitrogen and oxygen atoms in total. The number of ether oxygens (including phenoxy) is 2. The number of carbonyl (C=O) groups is 1. The third-order valence-corrected chi connectivity index (χ3v) is 3.28. The van der Waals surface area contributed by atoms with Gasteiger partial charge in [0.2, 0.25) is 0 Å². The van der Waals surface area contributed by atoms with Crippen LogP contribution in [0.1, 0.15) is 15.4 Å². The number of benzene rings is 1. The molecular formula is C13H13NO3S. The molecule has 0 aliphatic rings. The highest BCUT2D eigenvalue weighted by Gasteiger charge is 2.15. The number of nitrogens with zero attached hydrogens (tertiary/aromatic N) is 1. The van der Waals surface area contributed by atoms with E-state index in [0.29, 0.717) is 17.1 Å². The summed E-state index contributed by atoms with van der Waals surface area (Å²) in [4.78, 5) is 16.3. The first kappa shape index (κ1) is 12.6. The molecule has 2 rings (SSSR count). The van der Waals surface area contributed by atoms with Crippen molar-refractivity contribution in [2.45, 2.75) is 6.42 Å². The Morgan fingerprint density at radius 2 is 2.17 bits per heavy atom. The molecule has 0 saturated heterocycles. The van der Waals surface area contributed by atoms with Crippen molar-refractivity contribution in [1.82, 2.24) is 4.98 Å². The third kappa shape index (κ3) is 2.68. The summed E-state index contributed by atoms with van der Waals surface area (Å²) < 4.78 is 10.3. The molecule has 94 valence electrons. The normalized spacial score (nSPS) is 10.1. The number of thiazole rings is 1. The first-order chi connectivity index (χ1) is 8.74. The van der Waals surface area contributed by atoms with Crippen molar-refractivity contribution in [2.24, 2.45) is 0 Å². The standard InChI is InChI=1S/C13H13NO3S/c1-16-9-3-4-12(17-2)10(7-9)11(15)8-13-14-5-6-18-13/h3-7H,8H2,1-2H3. The SMILES string of the molecule is COc1ccc(OC)c(C(=O)Cc2nccs2)c1. The number of aromatic nitrogens is 1. The zero-order valence-corrected chi connectivity index (χ0v) is 11.0. The summed E-state index contributed by atoms with van der Waals surface area (Å²) in [7, 11) is 3.11. The van der Waals surface area contributed by atoms with Gasteiger partial charge in [0.15, 0.2) is 5.78 Å². The van der Waals surface area contributed by atoms with Gasteiger partial charge in [-0.1, -0.05) is 0 Å². The Morgan fingerprint density at radius 3 is 2.78 bits per heavy atom. The van der Waals surface area contributed by atoms with E-state index in [2.05, 4.69) is 4.98 Å². The molecule has 0 N–H and O–H groups in total. The molecule has 0 radical (unpaired) electrons. The van der Waals surface area contributed by atoms with E-state index in [1.165, 1.54) is 11.3 Å². The number of carbonyl (C=O) groups excluding carboxylic acids is 1. The number of hydrogen-bond donors (Lipinski definition) is 0. The summed E-state index contributed by atoms with van der Waals surface area (Å²) in [5.41, 5.74) is 0.520.